The Labute approximate surface area is 127 Å². The van der Waals surface area contributed by atoms with Gasteiger partial charge in [0.05, 0.1) is 5.56 Å². The standard InChI is InChI=1S/C14H18BrN3O2/c1-17(2)13(19)10-5-7-18(8-6-10)14(20)11-3-4-12(15)16-9-11/h3-4,9-10H,5-8H2,1-2H3. The monoisotopic (exact) mass is 339 g/mol. The van der Waals surface area contributed by atoms with E-state index in [2.05, 4.69) is 20.9 Å². The van der Waals surface area contributed by atoms with Gasteiger partial charge in [-0.3, -0.25) is 9.59 Å². The van der Waals surface area contributed by atoms with Crippen molar-refractivity contribution in [2.24, 2.45) is 5.92 Å². The molecule has 2 heterocycles. The van der Waals surface area contributed by atoms with E-state index in [4.69, 9.17) is 0 Å². The minimum Gasteiger partial charge on any atom is -0.349 e. The summed E-state index contributed by atoms with van der Waals surface area (Å²) in [4.78, 5) is 31.7. The molecule has 1 saturated heterocycles. The Hall–Kier alpha value is -1.43. The lowest BCUT2D eigenvalue weighted by atomic mass is 9.95. The van der Waals surface area contributed by atoms with Crippen LogP contribution in [0.15, 0.2) is 22.9 Å². The molecule has 2 amide bonds. The zero-order valence-electron chi connectivity index (χ0n) is 11.7. The van der Waals surface area contributed by atoms with E-state index >= 15 is 0 Å². The molecule has 0 bridgehead atoms. The number of carbonyl (C=O) groups excluding carboxylic acids is 2. The van der Waals surface area contributed by atoms with Gasteiger partial charge >= 0.3 is 0 Å². The van der Waals surface area contributed by atoms with Crippen LogP contribution >= 0.6 is 15.9 Å². The SMILES string of the molecule is CN(C)C(=O)C1CCN(C(=O)c2ccc(Br)nc2)CC1. The number of piperidine rings is 1. The molecule has 0 radical (unpaired) electrons. The lowest BCUT2D eigenvalue weighted by molar-refractivity contribution is -0.134. The summed E-state index contributed by atoms with van der Waals surface area (Å²) in [6.45, 7) is 1.25. The van der Waals surface area contributed by atoms with Crippen molar-refractivity contribution in [2.75, 3.05) is 27.2 Å². The fourth-order valence-electron chi connectivity index (χ4n) is 2.38. The summed E-state index contributed by atoms with van der Waals surface area (Å²) < 4.78 is 0.712. The minimum atomic E-state index is -0.0132. The topological polar surface area (TPSA) is 53.5 Å². The van der Waals surface area contributed by atoms with E-state index in [-0.39, 0.29) is 17.7 Å². The van der Waals surface area contributed by atoms with Gasteiger partial charge in [-0.05, 0) is 40.9 Å². The predicted molar refractivity (Wildman–Crippen MR) is 79.3 cm³/mol. The molecule has 2 rings (SSSR count). The summed E-state index contributed by atoms with van der Waals surface area (Å²) in [7, 11) is 3.54. The lowest BCUT2D eigenvalue weighted by Crippen LogP contribution is -2.42. The van der Waals surface area contributed by atoms with Gasteiger partial charge in [-0.25, -0.2) is 4.98 Å². The van der Waals surface area contributed by atoms with Gasteiger partial charge in [0, 0.05) is 39.3 Å². The van der Waals surface area contributed by atoms with E-state index in [9.17, 15) is 9.59 Å². The second-order valence-corrected chi connectivity index (χ2v) is 5.98. The number of hydrogen-bond donors (Lipinski definition) is 0. The van der Waals surface area contributed by atoms with E-state index in [1.54, 1.807) is 42.2 Å². The molecule has 1 aliphatic heterocycles. The molecule has 1 aromatic heterocycles. The second kappa shape index (κ2) is 6.35. The van der Waals surface area contributed by atoms with Crippen molar-refractivity contribution < 1.29 is 9.59 Å². The zero-order chi connectivity index (χ0) is 14.7. The third kappa shape index (κ3) is 3.36. The number of aromatic nitrogens is 1. The largest absolute Gasteiger partial charge is 0.349 e. The number of halogens is 1. The number of amides is 2. The van der Waals surface area contributed by atoms with E-state index in [1.807, 2.05) is 0 Å². The normalized spacial score (nSPS) is 16.1. The first-order chi connectivity index (χ1) is 9.49. The van der Waals surface area contributed by atoms with Gasteiger partial charge in [0.15, 0.2) is 0 Å². The highest BCUT2D eigenvalue weighted by Crippen LogP contribution is 2.20. The smallest absolute Gasteiger partial charge is 0.255 e. The highest BCUT2D eigenvalue weighted by Gasteiger charge is 2.28. The summed E-state index contributed by atoms with van der Waals surface area (Å²) in [6.07, 6.45) is 3.03. The van der Waals surface area contributed by atoms with E-state index in [1.165, 1.54) is 0 Å². The van der Waals surface area contributed by atoms with Gasteiger partial charge in [-0.15, -0.1) is 0 Å². The van der Waals surface area contributed by atoms with Crippen molar-refractivity contribution in [1.82, 2.24) is 14.8 Å². The van der Waals surface area contributed by atoms with Crippen LogP contribution in [0.2, 0.25) is 0 Å². The molecule has 5 nitrogen and oxygen atoms in total. The summed E-state index contributed by atoms with van der Waals surface area (Å²) >= 11 is 3.25. The molecular weight excluding hydrogens is 322 g/mol. The van der Waals surface area contributed by atoms with Crippen LogP contribution in [0, 0.1) is 5.92 Å². The van der Waals surface area contributed by atoms with Crippen LogP contribution in [0.1, 0.15) is 23.2 Å². The minimum absolute atomic E-state index is 0.0132. The first-order valence-corrected chi connectivity index (χ1v) is 7.40. The van der Waals surface area contributed by atoms with Crippen molar-refractivity contribution in [3.05, 3.63) is 28.5 Å². The van der Waals surface area contributed by atoms with Crippen LogP contribution < -0.4 is 0 Å². The van der Waals surface area contributed by atoms with Crippen LogP contribution in [0.25, 0.3) is 0 Å². The third-order valence-corrected chi connectivity index (χ3v) is 4.02. The number of hydrogen-bond acceptors (Lipinski definition) is 3. The summed E-state index contributed by atoms with van der Waals surface area (Å²) in [5.74, 6) is 0.181. The number of likely N-dealkylation sites (tertiary alicyclic amines) is 1. The first kappa shape index (κ1) is 15.0. The Morgan fingerprint density at radius 2 is 1.95 bits per heavy atom. The molecule has 1 aliphatic rings. The third-order valence-electron chi connectivity index (χ3n) is 3.55. The summed E-state index contributed by atoms with van der Waals surface area (Å²) in [5, 5.41) is 0. The fourth-order valence-corrected chi connectivity index (χ4v) is 2.61. The number of nitrogens with zero attached hydrogens (tertiary/aromatic N) is 3. The predicted octanol–water partition coefficient (Wildman–Crippen LogP) is 1.78. The first-order valence-electron chi connectivity index (χ1n) is 6.61. The van der Waals surface area contributed by atoms with Crippen molar-refractivity contribution in [3.63, 3.8) is 0 Å². The average molecular weight is 340 g/mol. The molecule has 108 valence electrons. The molecule has 1 aromatic rings. The van der Waals surface area contributed by atoms with Crippen molar-refractivity contribution >= 4 is 27.7 Å². The molecule has 0 aliphatic carbocycles. The van der Waals surface area contributed by atoms with Crippen LogP contribution in [0.4, 0.5) is 0 Å². The van der Waals surface area contributed by atoms with Crippen molar-refractivity contribution in [3.8, 4) is 0 Å². The fraction of sp³-hybridized carbons (Fsp3) is 0.500. The molecular formula is C14H18BrN3O2. The quantitative estimate of drug-likeness (QED) is 0.772. The van der Waals surface area contributed by atoms with E-state index in [0.29, 0.717) is 23.3 Å². The number of pyridine rings is 1. The maximum Gasteiger partial charge on any atom is 0.255 e. The zero-order valence-corrected chi connectivity index (χ0v) is 13.3. The van der Waals surface area contributed by atoms with E-state index < -0.39 is 0 Å². The second-order valence-electron chi connectivity index (χ2n) is 5.17. The van der Waals surface area contributed by atoms with Crippen molar-refractivity contribution in [1.29, 1.82) is 0 Å². The molecule has 0 N–H and O–H groups in total. The van der Waals surface area contributed by atoms with Gasteiger partial charge in [0.25, 0.3) is 5.91 Å². The Morgan fingerprint density at radius 3 is 2.45 bits per heavy atom. The van der Waals surface area contributed by atoms with Crippen molar-refractivity contribution in [2.45, 2.75) is 12.8 Å². The van der Waals surface area contributed by atoms with Crippen LogP contribution in [0.3, 0.4) is 0 Å². The summed E-state index contributed by atoms with van der Waals surface area (Å²) in [6, 6.07) is 3.52. The van der Waals surface area contributed by atoms with Crippen LogP contribution in [-0.2, 0) is 4.79 Å². The molecule has 6 heteroatoms. The molecule has 0 atom stereocenters. The maximum atomic E-state index is 12.3. The van der Waals surface area contributed by atoms with E-state index in [0.717, 1.165) is 12.8 Å². The average Bonchev–Trinajstić information content (AvgIpc) is 2.46. The summed E-state index contributed by atoms with van der Waals surface area (Å²) in [5.41, 5.74) is 0.589. The van der Waals surface area contributed by atoms with Gasteiger partial charge in [-0.2, -0.15) is 0 Å². The molecule has 0 unspecified atom stereocenters. The highest BCUT2D eigenvalue weighted by atomic mass is 79.9. The number of carbonyl (C=O) groups is 2. The Balaban J connectivity index is 1.95. The lowest BCUT2D eigenvalue weighted by Gasteiger charge is -2.32. The van der Waals surface area contributed by atoms with Gasteiger partial charge in [-0.1, -0.05) is 0 Å². The van der Waals surface area contributed by atoms with Crippen LogP contribution in [0.5, 0.6) is 0 Å². The molecule has 0 aromatic carbocycles. The molecule has 1 fully saturated rings. The Bertz CT molecular complexity index is 494. The van der Waals surface area contributed by atoms with Gasteiger partial charge in [0.2, 0.25) is 5.91 Å². The van der Waals surface area contributed by atoms with Gasteiger partial charge in [0.1, 0.15) is 4.60 Å². The Kier molecular flexibility index (Phi) is 4.75. The van der Waals surface area contributed by atoms with Crippen LogP contribution in [-0.4, -0.2) is 53.8 Å². The highest BCUT2D eigenvalue weighted by molar-refractivity contribution is 9.10. The maximum absolute atomic E-state index is 12.3. The molecule has 20 heavy (non-hydrogen) atoms. The number of rotatable bonds is 2. The molecule has 0 spiro atoms. The molecule has 0 saturated carbocycles. The Morgan fingerprint density at radius 1 is 1.30 bits per heavy atom. The van der Waals surface area contributed by atoms with Gasteiger partial charge < -0.3 is 9.80 Å².